The first-order valence-electron chi connectivity index (χ1n) is 4.68. The number of aryl methyl sites for hydroxylation is 1. The number of imidazole rings is 1. The average Bonchev–Trinajstić information content (AvgIpc) is 2.60. The number of thiazole rings is 1. The van der Waals surface area contributed by atoms with Crippen molar-refractivity contribution in [2.75, 3.05) is 0 Å². The lowest BCUT2D eigenvalue weighted by Gasteiger charge is -1.96. The zero-order valence-corrected chi connectivity index (χ0v) is 9.06. The Bertz CT molecular complexity index is 411. The van der Waals surface area contributed by atoms with Crippen molar-refractivity contribution in [3.63, 3.8) is 0 Å². The highest BCUT2D eigenvalue weighted by Crippen LogP contribution is 2.25. The van der Waals surface area contributed by atoms with Crippen molar-refractivity contribution in [2.24, 2.45) is 0 Å². The number of fused-ring (bicyclic) bond motifs is 1. The van der Waals surface area contributed by atoms with Crippen molar-refractivity contribution < 1.29 is 0 Å². The molecule has 0 atom stereocenters. The molecule has 0 radical (unpaired) electrons. The van der Waals surface area contributed by atoms with E-state index in [0.717, 1.165) is 11.4 Å². The fourth-order valence-electron chi connectivity index (χ4n) is 1.38. The molecule has 0 aliphatic carbocycles. The Labute approximate surface area is 82.2 Å². The van der Waals surface area contributed by atoms with Gasteiger partial charge < -0.3 is 0 Å². The van der Waals surface area contributed by atoms with E-state index >= 15 is 0 Å². The second-order valence-corrected chi connectivity index (χ2v) is 4.58. The van der Waals surface area contributed by atoms with Crippen LogP contribution in [0.5, 0.6) is 0 Å². The van der Waals surface area contributed by atoms with E-state index in [0.29, 0.717) is 5.92 Å². The largest absolute Gasteiger partial charge is 0.294 e. The summed E-state index contributed by atoms with van der Waals surface area (Å²) in [5.41, 5.74) is 1.30. The standard InChI is InChI=1S/C10H14N2S/c1-4-8-5-11-10-12(8)6-9(13-10)7(2)3/h5-7H,4H2,1-3H3. The molecule has 3 heteroatoms. The predicted octanol–water partition coefficient (Wildman–Crippen LogP) is 3.08. The molecule has 2 aromatic rings. The second kappa shape index (κ2) is 3.14. The zero-order valence-electron chi connectivity index (χ0n) is 8.24. The van der Waals surface area contributed by atoms with Crippen LogP contribution in [0.1, 0.15) is 37.3 Å². The average molecular weight is 194 g/mol. The molecule has 0 spiro atoms. The Hall–Kier alpha value is -0.830. The van der Waals surface area contributed by atoms with Gasteiger partial charge in [0.2, 0.25) is 0 Å². The van der Waals surface area contributed by atoms with Crippen molar-refractivity contribution >= 4 is 16.3 Å². The van der Waals surface area contributed by atoms with Gasteiger partial charge in [0.15, 0.2) is 4.96 Å². The molecule has 70 valence electrons. The van der Waals surface area contributed by atoms with Gasteiger partial charge in [-0.05, 0) is 12.3 Å². The molecule has 0 aromatic carbocycles. The molecule has 0 fully saturated rings. The summed E-state index contributed by atoms with van der Waals surface area (Å²) in [6.45, 7) is 6.60. The van der Waals surface area contributed by atoms with Crippen LogP contribution in [0.25, 0.3) is 4.96 Å². The van der Waals surface area contributed by atoms with E-state index < -0.39 is 0 Å². The molecule has 0 saturated carbocycles. The lowest BCUT2D eigenvalue weighted by Crippen LogP contribution is -1.86. The normalized spacial score (nSPS) is 11.7. The summed E-state index contributed by atoms with van der Waals surface area (Å²) in [6.07, 6.45) is 5.24. The third-order valence-electron chi connectivity index (χ3n) is 2.24. The molecule has 2 rings (SSSR count). The van der Waals surface area contributed by atoms with Gasteiger partial charge in [-0.2, -0.15) is 0 Å². The van der Waals surface area contributed by atoms with Crippen LogP contribution in [-0.2, 0) is 6.42 Å². The van der Waals surface area contributed by atoms with Crippen LogP contribution in [0.3, 0.4) is 0 Å². The van der Waals surface area contributed by atoms with Crippen LogP contribution in [0, 0.1) is 0 Å². The minimum absolute atomic E-state index is 0.608. The summed E-state index contributed by atoms with van der Waals surface area (Å²) in [7, 11) is 0. The third-order valence-corrected chi connectivity index (χ3v) is 3.53. The summed E-state index contributed by atoms with van der Waals surface area (Å²) in [5, 5.41) is 0. The van der Waals surface area contributed by atoms with Gasteiger partial charge in [-0.1, -0.05) is 20.8 Å². The van der Waals surface area contributed by atoms with Crippen LogP contribution in [0.4, 0.5) is 0 Å². The van der Waals surface area contributed by atoms with Crippen LogP contribution in [-0.4, -0.2) is 9.38 Å². The quantitative estimate of drug-likeness (QED) is 0.718. The number of hydrogen-bond acceptors (Lipinski definition) is 2. The molecule has 0 aliphatic rings. The van der Waals surface area contributed by atoms with Crippen molar-refractivity contribution in [2.45, 2.75) is 33.1 Å². The fraction of sp³-hybridized carbons (Fsp3) is 0.500. The highest BCUT2D eigenvalue weighted by molar-refractivity contribution is 7.17. The van der Waals surface area contributed by atoms with Gasteiger partial charge in [-0.25, -0.2) is 4.98 Å². The van der Waals surface area contributed by atoms with Crippen LogP contribution in [0.15, 0.2) is 12.4 Å². The molecule has 0 unspecified atom stereocenters. The van der Waals surface area contributed by atoms with Gasteiger partial charge in [-0.3, -0.25) is 4.40 Å². The lowest BCUT2D eigenvalue weighted by atomic mass is 10.2. The minimum atomic E-state index is 0.608. The van der Waals surface area contributed by atoms with E-state index in [-0.39, 0.29) is 0 Å². The third kappa shape index (κ3) is 1.37. The molecule has 0 saturated heterocycles. The van der Waals surface area contributed by atoms with Crippen LogP contribution in [0.2, 0.25) is 0 Å². The summed E-state index contributed by atoms with van der Waals surface area (Å²) >= 11 is 1.79. The van der Waals surface area contributed by atoms with Gasteiger partial charge >= 0.3 is 0 Å². The SMILES string of the molecule is CCc1cnc2sc(C(C)C)cn12. The van der Waals surface area contributed by atoms with E-state index in [1.807, 2.05) is 6.20 Å². The second-order valence-electron chi connectivity index (χ2n) is 3.54. The Morgan fingerprint density at radius 2 is 2.31 bits per heavy atom. The summed E-state index contributed by atoms with van der Waals surface area (Å²) < 4.78 is 2.21. The Morgan fingerprint density at radius 3 is 2.92 bits per heavy atom. The maximum Gasteiger partial charge on any atom is 0.194 e. The first kappa shape index (κ1) is 8.75. The molecule has 2 aromatic heterocycles. The highest BCUT2D eigenvalue weighted by Gasteiger charge is 2.08. The zero-order chi connectivity index (χ0) is 9.42. The topological polar surface area (TPSA) is 17.3 Å². The lowest BCUT2D eigenvalue weighted by molar-refractivity contribution is 0.876. The molecule has 2 heterocycles. The van der Waals surface area contributed by atoms with E-state index in [2.05, 4.69) is 36.4 Å². The Balaban J connectivity index is 2.56. The van der Waals surface area contributed by atoms with E-state index in [1.165, 1.54) is 10.6 Å². The van der Waals surface area contributed by atoms with Crippen molar-refractivity contribution in [1.29, 1.82) is 0 Å². The smallest absolute Gasteiger partial charge is 0.194 e. The molecule has 0 amide bonds. The van der Waals surface area contributed by atoms with Gasteiger partial charge in [0.1, 0.15) is 0 Å². The number of hydrogen-bond donors (Lipinski definition) is 0. The maximum absolute atomic E-state index is 4.37. The molecular formula is C10H14N2S. The van der Waals surface area contributed by atoms with E-state index in [1.54, 1.807) is 11.3 Å². The van der Waals surface area contributed by atoms with Crippen molar-refractivity contribution in [1.82, 2.24) is 9.38 Å². The fourth-order valence-corrected chi connectivity index (χ4v) is 2.36. The predicted molar refractivity (Wildman–Crippen MR) is 56.5 cm³/mol. The van der Waals surface area contributed by atoms with Gasteiger partial charge in [0, 0.05) is 16.8 Å². The first-order chi connectivity index (χ1) is 6.22. The van der Waals surface area contributed by atoms with Crippen LogP contribution < -0.4 is 0 Å². The monoisotopic (exact) mass is 194 g/mol. The molecule has 2 nitrogen and oxygen atoms in total. The Morgan fingerprint density at radius 1 is 1.54 bits per heavy atom. The summed E-state index contributed by atoms with van der Waals surface area (Å²) in [4.78, 5) is 6.91. The van der Waals surface area contributed by atoms with E-state index in [4.69, 9.17) is 0 Å². The molecule has 13 heavy (non-hydrogen) atoms. The van der Waals surface area contributed by atoms with Crippen molar-refractivity contribution in [3.8, 4) is 0 Å². The van der Waals surface area contributed by atoms with Gasteiger partial charge in [0.25, 0.3) is 0 Å². The first-order valence-corrected chi connectivity index (χ1v) is 5.49. The van der Waals surface area contributed by atoms with Crippen molar-refractivity contribution in [3.05, 3.63) is 23.0 Å². The maximum atomic E-state index is 4.37. The van der Waals surface area contributed by atoms with Crippen LogP contribution >= 0.6 is 11.3 Å². The van der Waals surface area contributed by atoms with E-state index in [9.17, 15) is 0 Å². The summed E-state index contributed by atoms with van der Waals surface area (Å²) in [5.74, 6) is 0.608. The molecule has 0 bridgehead atoms. The number of nitrogens with zero attached hydrogens (tertiary/aromatic N) is 2. The molecular weight excluding hydrogens is 180 g/mol. The number of aromatic nitrogens is 2. The van der Waals surface area contributed by atoms with Gasteiger partial charge in [-0.15, -0.1) is 11.3 Å². The molecule has 0 aliphatic heterocycles. The Kier molecular flexibility index (Phi) is 2.12. The highest BCUT2D eigenvalue weighted by atomic mass is 32.1. The minimum Gasteiger partial charge on any atom is -0.294 e. The number of rotatable bonds is 2. The van der Waals surface area contributed by atoms with Gasteiger partial charge in [0.05, 0.1) is 6.20 Å². The molecule has 0 N–H and O–H groups in total. The summed E-state index contributed by atoms with van der Waals surface area (Å²) in [6, 6.07) is 0.